The maximum Gasteiger partial charge on any atom is 0.338 e. The van der Waals surface area contributed by atoms with E-state index in [4.69, 9.17) is 9.47 Å². The lowest BCUT2D eigenvalue weighted by Gasteiger charge is -2.48. The summed E-state index contributed by atoms with van der Waals surface area (Å²) < 4.78 is 10.8. The highest BCUT2D eigenvalue weighted by Gasteiger charge is 2.43. The number of amides is 2. The lowest BCUT2D eigenvalue weighted by molar-refractivity contribution is -0.141. The number of nitrogens with zero attached hydrogens (tertiary/aromatic N) is 1. The third-order valence-corrected chi connectivity index (χ3v) is 4.71. The summed E-state index contributed by atoms with van der Waals surface area (Å²) in [6, 6.07) is 7.05. The van der Waals surface area contributed by atoms with Crippen LogP contribution in [0.4, 0.5) is 4.79 Å². The summed E-state index contributed by atoms with van der Waals surface area (Å²) in [5.74, 6) is -0.327. The van der Waals surface area contributed by atoms with Crippen LogP contribution < -0.4 is 5.32 Å². The molecule has 6 nitrogen and oxygen atoms in total. The molecule has 0 radical (unpaired) electrons. The van der Waals surface area contributed by atoms with E-state index in [1.54, 1.807) is 19.1 Å². The number of carbonyl (C=O) groups is 2. The summed E-state index contributed by atoms with van der Waals surface area (Å²) in [4.78, 5) is 25.8. The van der Waals surface area contributed by atoms with Crippen molar-refractivity contribution in [2.45, 2.75) is 38.3 Å². The Kier molecular flexibility index (Phi) is 5.04. The zero-order valence-electron chi connectivity index (χ0n) is 14.0. The molecule has 2 aliphatic rings. The van der Waals surface area contributed by atoms with Gasteiger partial charge in [-0.1, -0.05) is 12.1 Å². The minimum atomic E-state index is -0.327. The zero-order valence-corrected chi connectivity index (χ0v) is 14.0. The molecule has 0 aromatic heterocycles. The van der Waals surface area contributed by atoms with Crippen molar-refractivity contribution in [3.05, 3.63) is 35.4 Å². The standard InChI is InChI=1S/C18H24N2O4/c1-2-23-16(21)15-6-4-14(5-7-15)12-19-17(22)20-10-11-24-18(13-20)8-3-9-18/h4-7H,2-3,8-13H2,1H3,(H,19,22). The highest BCUT2D eigenvalue weighted by Crippen LogP contribution is 2.38. The fourth-order valence-corrected chi connectivity index (χ4v) is 3.15. The van der Waals surface area contributed by atoms with Crippen molar-refractivity contribution < 1.29 is 19.1 Å². The Hall–Kier alpha value is -2.08. The van der Waals surface area contributed by atoms with E-state index in [0.717, 1.165) is 18.4 Å². The summed E-state index contributed by atoms with van der Waals surface area (Å²) in [7, 11) is 0. The van der Waals surface area contributed by atoms with E-state index in [9.17, 15) is 9.59 Å². The van der Waals surface area contributed by atoms with E-state index in [1.165, 1.54) is 6.42 Å². The Labute approximate surface area is 142 Å². The van der Waals surface area contributed by atoms with Gasteiger partial charge >= 0.3 is 12.0 Å². The molecular formula is C18H24N2O4. The quantitative estimate of drug-likeness (QED) is 0.859. The van der Waals surface area contributed by atoms with Crippen molar-refractivity contribution in [3.8, 4) is 0 Å². The lowest BCUT2D eigenvalue weighted by Crippen LogP contribution is -2.58. The molecule has 2 fully saturated rings. The maximum absolute atomic E-state index is 12.3. The Balaban J connectivity index is 1.50. The average Bonchev–Trinajstić information content (AvgIpc) is 2.59. The molecule has 0 bridgehead atoms. The SMILES string of the molecule is CCOC(=O)c1ccc(CNC(=O)N2CCOC3(CCC3)C2)cc1. The molecule has 0 unspecified atom stereocenters. The van der Waals surface area contributed by atoms with Gasteiger partial charge in [0.15, 0.2) is 0 Å². The zero-order chi connectivity index (χ0) is 17.0. The maximum atomic E-state index is 12.3. The van der Waals surface area contributed by atoms with Gasteiger partial charge in [-0.2, -0.15) is 0 Å². The molecule has 0 atom stereocenters. The molecule has 2 amide bonds. The normalized spacial score (nSPS) is 18.8. The second kappa shape index (κ2) is 7.21. The van der Waals surface area contributed by atoms with Gasteiger partial charge in [0.25, 0.3) is 0 Å². The number of nitrogens with one attached hydrogen (secondary N) is 1. The molecule has 3 rings (SSSR count). The monoisotopic (exact) mass is 332 g/mol. The Morgan fingerprint density at radius 2 is 2.04 bits per heavy atom. The number of benzene rings is 1. The fraction of sp³-hybridized carbons (Fsp3) is 0.556. The van der Waals surface area contributed by atoms with Crippen LogP contribution >= 0.6 is 0 Å². The smallest absolute Gasteiger partial charge is 0.338 e. The molecule has 1 aliphatic carbocycles. The first-order valence-electron chi connectivity index (χ1n) is 8.55. The van der Waals surface area contributed by atoms with E-state index in [0.29, 0.717) is 38.4 Å². The van der Waals surface area contributed by atoms with Crippen molar-refractivity contribution in [2.24, 2.45) is 0 Å². The summed E-state index contributed by atoms with van der Waals surface area (Å²) in [6.45, 7) is 4.50. The molecule has 6 heteroatoms. The Bertz CT molecular complexity index is 596. The number of ether oxygens (including phenoxy) is 2. The number of carbonyl (C=O) groups excluding carboxylic acids is 2. The molecule has 1 saturated carbocycles. The van der Waals surface area contributed by atoms with Crippen LogP contribution in [0.15, 0.2) is 24.3 Å². The highest BCUT2D eigenvalue weighted by atomic mass is 16.5. The second-order valence-electron chi connectivity index (χ2n) is 6.38. The van der Waals surface area contributed by atoms with Crippen molar-refractivity contribution in [3.63, 3.8) is 0 Å². The van der Waals surface area contributed by atoms with Crippen molar-refractivity contribution in [1.29, 1.82) is 0 Å². The molecule has 24 heavy (non-hydrogen) atoms. The molecule has 1 N–H and O–H groups in total. The predicted octanol–water partition coefficient (Wildman–Crippen LogP) is 2.33. The molecule has 1 heterocycles. The van der Waals surface area contributed by atoms with Crippen LogP contribution in [-0.4, -0.2) is 48.8 Å². The van der Waals surface area contributed by atoms with Gasteiger partial charge in [0.1, 0.15) is 0 Å². The first-order valence-corrected chi connectivity index (χ1v) is 8.55. The number of hydrogen-bond acceptors (Lipinski definition) is 4. The number of esters is 1. The Morgan fingerprint density at radius 1 is 1.29 bits per heavy atom. The van der Waals surface area contributed by atoms with Gasteiger partial charge in [-0.15, -0.1) is 0 Å². The minimum Gasteiger partial charge on any atom is -0.462 e. The van der Waals surface area contributed by atoms with Crippen LogP contribution in [-0.2, 0) is 16.0 Å². The molecule has 1 spiro atoms. The number of hydrogen-bond donors (Lipinski definition) is 1. The number of rotatable bonds is 4. The average molecular weight is 332 g/mol. The van der Waals surface area contributed by atoms with Gasteiger partial charge in [-0.3, -0.25) is 0 Å². The van der Waals surface area contributed by atoms with Gasteiger partial charge in [-0.05, 0) is 43.9 Å². The van der Waals surface area contributed by atoms with Crippen LogP contribution in [0.3, 0.4) is 0 Å². The molecule has 130 valence electrons. The van der Waals surface area contributed by atoms with Gasteiger partial charge in [0.2, 0.25) is 0 Å². The van der Waals surface area contributed by atoms with Crippen molar-refractivity contribution >= 4 is 12.0 Å². The Morgan fingerprint density at radius 3 is 2.67 bits per heavy atom. The van der Waals surface area contributed by atoms with Crippen LogP contribution in [0.5, 0.6) is 0 Å². The molecule has 1 saturated heterocycles. The van der Waals surface area contributed by atoms with E-state index in [1.807, 2.05) is 17.0 Å². The summed E-state index contributed by atoms with van der Waals surface area (Å²) in [5, 5.41) is 2.94. The summed E-state index contributed by atoms with van der Waals surface area (Å²) in [5.41, 5.74) is 1.38. The van der Waals surface area contributed by atoms with E-state index in [-0.39, 0.29) is 17.6 Å². The van der Waals surface area contributed by atoms with Gasteiger partial charge in [0, 0.05) is 13.1 Å². The van der Waals surface area contributed by atoms with Crippen LogP contribution in [0.2, 0.25) is 0 Å². The predicted molar refractivity (Wildman–Crippen MR) is 88.7 cm³/mol. The van der Waals surface area contributed by atoms with Crippen molar-refractivity contribution in [1.82, 2.24) is 10.2 Å². The first kappa shape index (κ1) is 16.8. The third kappa shape index (κ3) is 3.70. The number of urea groups is 1. The second-order valence-corrected chi connectivity index (χ2v) is 6.38. The van der Waals surface area contributed by atoms with E-state index >= 15 is 0 Å². The van der Waals surface area contributed by atoms with E-state index in [2.05, 4.69) is 5.32 Å². The van der Waals surface area contributed by atoms with Crippen molar-refractivity contribution in [2.75, 3.05) is 26.3 Å². The minimum absolute atomic E-state index is 0.0564. The molecule has 1 aliphatic heterocycles. The highest BCUT2D eigenvalue weighted by molar-refractivity contribution is 5.89. The van der Waals surface area contributed by atoms with E-state index < -0.39 is 0 Å². The molecular weight excluding hydrogens is 308 g/mol. The third-order valence-electron chi connectivity index (χ3n) is 4.71. The van der Waals surface area contributed by atoms with Gasteiger partial charge < -0.3 is 19.7 Å². The lowest BCUT2D eigenvalue weighted by atomic mass is 9.79. The van der Waals surface area contributed by atoms with Crippen LogP contribution in [0.1, 0.15) is 42.1 Å². The van der Waals surface area contributed by atoms with Gasteiger partial charge in [-0.25, -0.2) is 9.59 Å². The first-order chi connectivity index (χ1) is 11.6. The summed E-state index contributed by atoms with van der Waals surface area (Å²) in [6.07, 6.45) is 3.28. The molecule has 1 aromatic carbocycles. The largest absolute Gasteiger partial charge is 0.462 e. The topological polar surface area (TPSA) is 67.9 Å². The van der Waals surface area contributed by atoms with Crippen LogP contribution in [0, 0.1) is 0 Å². The molecule has 1 aromatic rings. The summed E-state index contributed by atoms with van der Waals surface area (Å²) >= 11 is 0. The van der Waals surface area contributed by atoms with Gasteiger partial charge in [0.05, 0.1) is 30.9 Å². The van der Waals surface area contributed by atoms with Crippen LogP contribution in [0.25, 0.3) is 0 Å². The number of morpholine rings is 1. The fourth-order valence-electron chi connectivity index (χ4n) is 3.15.